The number of ether oxygens (including phenoxy) is 8. The molecule has 734 valence electrons. The van der Waals surface area contributed by atoms with E-state index in [0.717, 1.165) is 96.0 Å². The van der Waals surface area contributed by atoms with Crippen molar-refractivity contribution in [3.8, 4) is 0 Å². The van der Waals surface area contributed by atoms with Gasteiger partial charge in [0, 0.05) is 179 Å². The van der Waals surface area contributed by atoms with Crippen LogP contribution in [0.4, 0.5) is 0 Å². The van der Waals surface area contributed by atoms with Crippen molar-refractivity contribution in [2.45, 2.75) is 328 Å². The smallest absolute Gasteiger partial charge is 0.0938 e. The Morgan fingerprint density at radius 1 is 0.314 bits per heavy atom. The molecule has 0 N–H and O–H groups in total. The Balaban J connectivity index is -0.000000628. The highest BCUT2D eigenvalue weighted by Gasteiger charge is 2.29. The second kappa shape index (κ2) is 77.8. The molecule has 24 heteroatoms. The van der Waals surface area contributed by atoms with Crippen molar-refractivity contribution < 1.29 is 37.9 Å². The van der Waals surface area contributed by atoms with Crippen LogP contribution in [0.1, 0.15) is 224 Å². The Labute approximate surface area is 756 Å². The van der Waals surface area contributed by atoms with Crippen molar-refractivity contribution >= 4 is 0 Å². The largest absolute Gasteiger partial charge is 0.379 e. The molecular formula is C97H218N16O8. The second-order valence-electron chi connectivity index (χ2n) is 39.1. The van der Waals surface area contributed by atoms with E-state index in [1.54, 1.807) is 0 Å². The molecule has 3 unspecified atom stereocenters. The topological polar surface area (TPSA) is 126 Å². The lowest BCUT2D eigenvalue weighted by molar-refractivity contribution is -0.0514. The van der Waals surface area contributed by atoms with Crippen molar-refractivity contribution in [2.24, 2.45) is 0 Å². The molecule has 0 amide bonds. The first kappa shape index (κ1) is 126. The van der Waals surface area contributed by atoms with Crippen LogP contribution in [0.25, 0.3) is 0 Å². The summed E-state index contributed by atoms with van der Waals surface area (Å²) in [5.41, 5.74) is 0. The quantitative estimate of drug-likeness (QED) is 0.0576. The molecule has 0 aromatic rings. The summed E-state index contributed by atoms with van der Waals surface area (Å²) in [6.45, 7) is 82.9. The van der Waals surface area contributed by atoms with Gasteiger partial charge in [0.1, 0.15) is 0 Å². The van der Waals surface area contributed by atoms with Crippen molar-refractivity contribution in [2.75, 3.05) is 316 Å². The Morgan fingerprint density at radius 2 is 0.612 bits per heavy atom. The highest BCUT2D eigenvalue weighted by atomic mass is 16.5. The monoisotopic (exact) mass is 1740 g/mol. The minimum Gasteiger partial charge on any atom is -0.379 e. The van der Waals surface area contributed by atoms with Gasteiger partial charge < -0.3 is 91.8 Å². The maximum atomic E-state index is 5.70. The third-order valence-electron chi connectivity index (χ3n) is 23.2. The van der Waals surface area contributed by atoms with Crippen molar-refractivity contribution in [1.29, 1.82) is 0 Å². The summed E-state index contributed by atoms with van der Waals surface area (Å²) < 4.78 is 44.1. The van der Waals surface area contributed by atoms with E-state index in [1.807, 2.05) is 63.1 Å². The standard InChI is InChI=1S/C11H24N2.C10H22N2O.3C10H23NO2.4C9H20N2.C9H19NO.CH4/c1-11(2)12(3)9-10-13-7-5-4-6-8-13;1-10(2)13-9-8-12-6-4-11(3)5-7-12;3*1-6-12-8-10(7-11(4)5)13-9(2)3;3*1-8(2)11(4)9-5-6-10(3)7-9;1-8(2)11-6-5-9(7-11)10(3)4;1-9(2)11-8-7-10-5-3-4-6-10;/h11H,4-10H2,1-3H3;10H,4-9H2,1-3H3;3*9-10H,6-8H2,1-5H3;4*8-9H,5-7H2,1-4H3;9H,3-8H2,1-2H3;1H4/t;;2*10-;;2*9-;;;;/m..10.10..../s1. The van der Waals surface area contributed by atoms with Gasteiger partial charge in [-0.25, -0.2) is 0 Å². The van der Waals surface area contributed by atoms with Crippen molar-refractivity contribution in [1.82, 2.24) is 78.4 Å². The molecule has 7 aliphatic rings. The highest BCUT2D eigenvalue weighted by molar-refractivity contribution is 4.85. The first-order valence-electron chi connectivity index (χ1n) is 48.3. The molecule has 7 fully saturated rings. The summed E-state index contributed by atoms with van der Waals surface area (Å²) in [6, 6.07) is 6.63. The molecule has 7 rings (SSSR count). The van der Waals surface area contributed by atoms with Gasteiger partial charge in [-0.3, -0.25) is 24.5 Å². The SMILES string of the molecule is C.CC(C)N(C)C1CCN(C)C1.CC(C)N(C)CCN1CCCCC1.CC(C)N(C)[C@@H]1CCN(C)C1.CC(C)N(C)[C@H]1CCN(C)C1.CC(C)N1CCC(N(C)C)C1.CC(C)OCCN1CCCC1.CC(C)OCCN1CCN(C)CC1.CCOCC(CN(C)C)OC(C)C.CCOC[C@@H](CN(C)C)OC(C)C.CCOC[C@H](CN(C)C)OC(C)C. The Bertz CT molecular complexity index is 2000. The number of nitrogens with zero attached hydrogens (tertiary/aromatic N) is 16. The van der Waals surface area contributed by atoms with Crippen LogP contribution >= 0.6 is 0 Å². The first-order valence-corrected chi connectivity index (χ1v) is 48.3. The van der Waals surface area contributed by atoms with E-state index in [1.165, 1.54) is 176 Å². The number of rotatable bonds is 41. The van der Waals surface area contributed by atoms with Crippen LogP contribution in [0.2, 0.25) is 0 Å². The minimum absolute atomic E-state index is 0. The van der Waals surface area contributed by atoms with Crippen molar-refractivity contribution in [3.05, 3.63) is 0 Å². The van der Waals surface area contributed by atoms with E-state index in [4.69, 9.17) is 37.9 Å². The summed E-state index contributed by atoms with van der Waals surface area (Å²) >= 11 is 0. The van der Waals surface area contributed by atoms with E-state index >= 15 is 0 Å². The lowest BCUT2D eigenvalue weighted by Gasteiger charge is -2.32. The van der Waals surface area contributed by atoms with Crippen molar-refractivity contribution in [3.63, 3.8) is 0 Å². The minimum atomic E-state index is 0. The predicted molar refractivity (Wildman–Crippen MR) is 527 cm³/mol. The van der Waals surface area contributed by atoms with Crippen LogP contribution in [-0.2, 0) is 37.9 Å². The average Bonchev–Trinajstić information content (AvgIpc) is 1.77. The van der Waals surface area contributed by atoms with E-state index < -0.39 is 0 Å². The van der Waals surface area contributed by atoms with E-state index in [2.05, 4.69) is 287 Å². The van der Waals surface area contributed by atoms with Gasteiger partial charge in [0.15, 0.2) is 0 Å². The number of likely N-dealkylation sites (N-methyl/N-ethyl adjacent to an activating group) is 12. The molecule has 0 bridgehead atoms. The van der Waals surface area contributed by atoms with Crippen LogP contribution in [0.3, 0.4) is 0 Å². The van der Waals surface area contributed by atoms with Gasteiger partial charge in [-0.2, -0.15) is 0 Å². The van der Waals surface area contributed by atoms with Gasteiger partial charge in [-0.05, 0) is 369 Å². The molecule has 0 saturated carbocycles. The fourth-order valence-corrected chi connectivity index (χ4v) is 14.8. The lowest BCUT2D eigenvalue weighted by Crippen LogP contribution is -2.45. The molecule has 0 spiro atoms. The summed E-state index contributed by atoms with van der Waals surface area (Å²) in [5.74, 6) is 0. The second-order valence-corrected chi connectivity index (χ2v) is 39.1. The first-order chi connectivity index (χ1) is 56.3. The normalized spacial score (nSPS) is 20.7. The summed E-state index contributed by atoms with van der Waals surface area (Å²) in [4.78, 5) is 38.2. The highest BCUT2D eigenvalue weighted by Crippen LogP contribution is 2.19. The number of piperazine rings is 1. The van der Waals surface area contributed by atoms with Crippen LogP contribution in [0, 0.1) is 0 Å². The van der Waals surface area contributed by atoms with Gasteiger partial charge in [0.05, 0.1) is 81.9 Å². The van der Waals surface area contributed by atoms with Gasteiger partial charge >= 0.3 is 0 Å². The number of likely N-dealkylation sites (tertiary alicyclic amines) is 6. The zero-order valence-corrected chi connectivity index (χ0v) is 87.5. The Hall–Kier alpha value is -0.960. The van der Waals surface area contributed by atoms with Gasteiger partial charge in [0.2, 0.25) is 0 Å². The van der Waals surface area contributed by atoms with Crippen LogP contribution in [0.5, 0.6) is 0 Å². The Kier molecular flexibility index (Phi) is 81.2. The molecule has 7 aliphatic heterocycles. The van der Waals surface area contributed by atoms with Crippen LogP contribution in [0.15, 0.2) is 0 Å². The summed E-state index contributed by atoms with van der Waals surface area (Å²) in [5, 5.41) is 0. The number of hydrogen-bond donors (Lipinski definition) is 0. The van der Waals surface area contributed by atoms with Crippen LogP contribution in [-0.4, -0.2) is 498 Å². The third kappa shape index (κ3) is 73.4. The van der Waals surface area contributed by atoms with Crippen LogP contribution < -0.4 is 0 Å². The predicted octanol–water partition coefficient (Wildman–Crippen LogP) is 12.9. The zero-order valence-electron chi connectivity index (χ0n) is 87.5. The molecule has 7 saturated heterocycles. The maximum Gasteiger partial charge on any atom is 0.0938 e. The molecule has 121 heavy (non-hydrogen) atoms. The molecule has 7 atom stereocenters. The van der Waals surface area contributed by atoms with Gasteiger partial charge in [0.25, 0.3) is 0 Å². The molecular weight excluding hydrogens is 1520 g/mol. The Morgan fingerprint density at radius 3 is 0.843 bits per heavy atom. The molecule has 7 heterocycles. The molecule has 0 aromatic heterocycles. The fraction of sp³-hybridized carbons (Fsp3) is 1.00. The third-order valence-corrected chi connectivity index (χ3v) is 23.2. The molecule has 24 nitrogen and oxygen atoms in total. The molecule has 0 radical (unpaired) electrons. The number of hydrogen-bond acceptors (Lipinski definition) is 24. The zero-order chi connectivity index (χ0) is 92.0. The molecule has 0 aliphatic carbocycles. The van der Waals surface area contributed by atoms with E-state index in [-0.39, 0.29) is 44.1 Å². The molecule has 0 aromatic carbocycles. The van der Waals surface area contributed by atoms with E-state index in [0.29, 0.717) is 56.2 Å². The summed E-state index contributed by atoms with van der Waals surface area (Å²) in [6.07, 6.45) is 14.5. The maximum absolute atomic E-state index is 5.70. The summed E-state index contributed by atoms with van der Waals surface area (Å²) in [7, 11) is 34.3. The fourth-order valence-electron chi connectivity index (χ4n) is 14.8. The number of piperidine rings is 1. The lowest BCUT2D eigenvalue weighted by atomic mass is 10.1. The van der Waals surface area contributed by atoms with Gasteiger partial charge in [-0.15, -0.1) is 0 Å². The van der Waals surface area contributed by atoms with E-state index in [9.17, 15) is 0 Å². The average molecular weight is 1740 g/mol. The van der Waals surface area contributed by atoms with Gasteiger partial charge in [-0.1, -0.05) is 13.8 Å².